The second kappa shape index (κ2) is 17.0. The zero-order valence-electron chi connectivity index (χ0n) is 30.0. The van der Waals surface area contributed by atoms with Crippen molar-refractivity contribution >= 4 is 11.7 Å². The third kappa shape index (κ3) is 8.02. The van der Waals surface area contributed by atoms with Gasteiger partial charge in [0.2, 0.25) is 0 Å². The number of carbonyl (C=O) groups excluding carboxylic acids is 1. The number of aliphatic hydroxyl groups excluding tert-OH is 1. The van der Waals surface area contributed by atoms with E-state index in [4.69, 9.17) is 28.4 Å². The minimum atomic E-state index is -1.22. The molecule has 1 aliphatic rings. The van der Waals surface area contributed by atoms with Crippen molar-refractivity contribution in [2.45, 2.75) is 37.1 Å². The number of benzene rings is 4. The van der Waals surface area contributed by atoms with E-state index in [1.165, 1.54) is 10.8 Å². The van der Waals surface area contributed by atoms with Gasteiger partial charge in [-0.15, -0.1) is 0 Å². The molecule has 5 aromatic rings. The molecular weight excluding hydrogens is 678 g/mol. The molecule has 12 heteroatoms. The maximum atomic E-state index is 13.6. The van der Waals surface area contributed by atoms with Gasteiger partial charge in [0.05, 0.1) is 34.0 Å². The van der Waals surface area contributed by atoms with Crippen molar-refractivity contribution in [2.24, 2.45) is 0 Å². The highest BCUT2D eigenvalue weighted by Gasteiger charge is 2.48. The van der Waals surface area contributed by atoms with Gasteiger partial charge in [0.1, 0.15) is 41.2 Å². The average Bonchev–Trinajstić information content (AvgIpc) is 3.51. The van der Waals surface area contributed by atoms with E-state index in [0.29, 0.717) is 22.6 Å². The number of aryl methyl sites for hydroxylation is 1. The SMILES string of the molecule is COCCO[C@H]1[C@@H](O)[C@@H](COC(c2ccccc2)(c2ccc(OC)cc2)c2ccc(OC)cc2)O[C@@H]1n1cc(C)c(NC(=O)c2ccccc2)nc1=O. The third-order valence-electron chi connectivity index (χ3n) is 9.22. The standard InChI is InChI=1S/C41H43N3O9/c1-27-25-44(40(47)43-37(27)42-38(46)28-11-7-5-8-12-28)39-36(51-24-23-48-2)35(45)34(53-39)26-52-41(29-13-9-6-10-14-29,30-15-19-32(49-3)20-16-30)31-17-21-33(50-4)22-18-31/h5-22,25,34-36,39,45H,23-24,26H2,1-4H3,(H,42,43,46,47)/t34-,35+,36+,39+/m1/s1. The van der Waals surface area contributed by atoms with Crippen LogP contribution in [-0.2, 0) is 24.5 Å². The molecular formula is C41H43N3O9. The second-order valence-electron chi connectivity index (χ2n) is 12.5. The van der Waals surface area contributed by atoms with Crippen LogP contribution in [-0.4, -0.2) is 80.0 Å². The number of hydrogen-bond acceptors (Lipinski definition) is 10. The molecule has 0 aliphatic carbocycles. The highest BCUT2D eigenvalue weighted by atomic mass is 16.6. The number of carbonyl (C=O) groups is 1. The topological polar surface area (TPSA) is 140 Å². The van der Waals surface area contributed by atoms with E-state index >= 15 is 0 Å². The number of hydrogen-bond donors (Lipinski definition) is 2. The summed E-state index contributed by atoms with van der Waals surface area (Å²) in [7, 11) is 4.76. The van der Waals surface area contributed by atoms with Gasteiger partial charge in [-0.3, -0.25) is 9.36 Å². The van der Waals surface area contributed by atoms with E-state index in [2.05, 4.69) is 10.3 Å². The summed E-state index contributed by atoms with van der Waals surface area (Å²) >= 11 is 0. The van der Waals surface area contributed by atoms with Crippen LogP contribution in [0.5, 0.6) is 11.5 Å². The number of nitrogens with zero attached hydrogens (tertiary/aromatic N) is 2. The Morgan fingerprint density at radius 1 is 0.830 bits per heavy atom. The lowest BCUT2D eigenvalue weighted by Gasteiger charge is -2.37. The number of aliphatic hydroxyl groups is 1. The van der Waals surface area contributed by atoms with Crippen molar-refractivity contribution < 1.29 is 38.3 Å². The van der Waals surface area contributed by atoms with Crippen LogP contribution in [0.1, 0.15) is 38.8 Å². The highest BCUT2D eigenvalue weighted by molar-refractivity contribution is 6.04. The molecule has 0 unspecified atom stereocenters. The van der Waals surface area contributed by atoms with Crippen LogP contribution in [0.3, 0.4) is 0 Å². The predicted molar refractivity (Wildman–Crippen MR) is 197 cm³/mol. The zero-order chi connectivity index (χ0) is 37.4. The van der Waals surface area contributed by atoms with Crippen molar-refractivity contribution in [3.8, 4) is 11.5 Å². The first kappa shape index (κ1) is 37.4. The summed E-state index contributed by atoms with van der Waals surface area (Å²) in [6, 6.07) is 33.6. The monoisotopic (exact) mass is 721 g/mol. The molecule has 0 saturated carbocycles. The third-order valence-corrected chi connectivity index (χ3v) is 9.22. The van der Waals surface area contributed by atoms with Crippen molar-refractivity contribution in [2.75, 3.05) is 46.5 Å². The molecule has 276 valence electrons. The Labute approximate surface area is 307 Å². The largest absolute Gasteiger partial charge is 0.497 e. The van der Waals surface area contributed by atoms with Gasteiger partial charge in [-0.2, -0.15) is 4.98 Å². The number of ether oxygens (including phenoxy) is 6. The van der Waals surface area contributed by atoms with Gasteiger partial charge in [0, 0.05) is 24.4 Å². The molecule has 1 aromatic heterocycles. The fourth-order valence-electron chi connectivity index (χ4n) is 6.45. The van der Waals surface area contributed by atoms with Crippen molar-refractivity contribution in [3.05, 3.63) is 154 Å². The van der Waals surface area contributed by atoms with Crippen LogP contribution in [0.4, 0.5) is 5.82 Å². The Kier molecular flexibility index (Phi) is 12.0. The van der Waals surface area contributed by atoms with E-state index in [0.717, 1.165) is 16.7 Å². The summed E-state index contributed by atoms with van der Waals surface area (Å²) in [5, 5.41) is 14.5. The molecule has 1 amide bonds. The van der Waals surface area contributed by atoms with Crippen LogP contribution in [0.25, 0.3) is 0 Å². The molecule has 53 heavy (non-hydrogen) atoms. The van der Waals surface area contributed by atoms with Crippen molar-refractivity contribution in [1.29, 1.82) is 0 Å². The maximum Gasteiger partial charge on any atom is 0.351 e. The van der Waals surface area contributed by atoms with Crippen LogP contribution in [0, 0.1) is 6.92 Å². The lowest BCUT2D eigenvalue weighted by molar-refractivity contribution is -0.0994. The van der Waals surface area contributed by atoms with Gasteiger partial charge >= 0.3 is 5.69 Å². The van der Waals surface area contributed by atoms with Crippen LogP contribution in [0.2, 0.25) is 0 Å². The van der Waals surface area contributed by atoms with E-state index in [9.17, 15) is 14.7 Å². The molecule has 4 atom stereocenters. The lowest BCUT2D eigenvalue weighted by Crippen LogP contribution is -2.41. The van der Waals surface area contributed by atoms with E-state index in [-0.39, 0.29) is 25.6 Å². The molecule has 0 radical (unpaired) electrons. The summed E-state index contributed by atoms with van der Waals surface area (Å²) in [6.07, 6.45) is -2.71. The first-order valence-corrected chi connectivity index (χ1v) is 17.2. The fourth-order valence-corrected chi connectivity index (χ4v) is 6.45. The Bertz CT molecular complexity index is 1960. The van der Waals surface area contributed by atoms with E-state index in [1.807, 2.05) is 78.9 Å². The van der Waals surface area contributed by atoms with E-state index in [1.54, 1.807) is 58.6 Å². The minimum Gasteiger partial charge on any atom is -0.497 e. The predicted octanol–water partition coefficient (Wildman–Crippen LogP) is 5.12. The molecule has 1 aliphatic heterocycles. The number of anilines is 1. The van der Waals surface area contributed by atoms with Gasteiger partial charge in [-0.25, -0.2) is 4.79 Å². The Hall–Kier alpha value is -5.37. The molecule has 0 spiro atoms. The summed E-state index contributed by atoms with van der Waals surface area (Å²) in [5.74, 6) is 1.07. The quantitative estimate of drug-likeness (QED) is 0.111. The number of amides is 1. The zero-order valence-corrected chi connectivity index (χ0v) is 30.0. The maximum absolute atomic E-state index is 13.6. The molecule has 0 bridgehead atoms. The molecule has 1 saturated heterocycles. The van der Waals surface area contributed by atoms with Crippen molar-refractivity contribution in [3.63, 3.8) is 0 Å². The smallest absolute Gasteiger partial charge is 0.351 e. The van der Waals surface area contributed by atoms with Crippen LogP contribution >= 0.6 is 0 Å². The molecule has 6 rings (SSSR count). The van der Waals surface area contributed by atoms with Crippen LogP contribution < -0.4 is 20.5 Å². The van der Waals surface area contributed by atoms with Gasteiger partial charge in [0.15, 0.2) is 6.23 Å². The first-order valence-electron chi connectivity index (χ1n) is 17.2. The average molecular weight is 722 g/mol. The van der Waals surface area contributed by atoms with Gasteiger partial charge < -0.3 is 38.8 Å². The second-order valence-corrected chi connectivity index (χ2v) is 12.5. The van der Waals surface area contributed by atoms with Crippen molar-refractivity contribution in [1.82, 2.24) is 9.55 Å². The Balaban J connectivity index is 1.35. The van der Waals surface area contributed by atoms with Gasteiger partial charge in [0.25, 0.3) is 5.91 Å². The minimum absolute atomic E-state index is 0.110. The molecule has 2 N–H and O–H groups in total. The summed E-state index contributed by atoms with van der Waals surface area (Å²) in [6.45, 7) is 1.98. The van der Waals surface area contributed by atoms with Crippen LogP contribution in [0.15, 0.2) is 120 Å². The lowest BCUT2D eigenvalue weighted by atomic mass is 9.80. The van der Waals surface area contributed by atoms with E-state index < -0.39 is 41.7 Å². The Morgan fingerprint density at radius 3 is 1.96 bits per heavy atom. The number of rotatable bonds is 15. The number of methoxy groups -OCH3 is 3. The highest BCUT2D eigenvalue weighted by Crippen LogP contribution is 2.43. The fraction of sp³-hybridized carbons (Fsp3) is 0.293. The number of nitrogens with one attached hydrogen (secondary N) is 1. The molecule has 1 fully saturated rings. The molecule has 12 nitrogen and oxygen atoms in total. The normalized spacial score (nSPS) is 18.4. The number of aromatic nitrogens is 2. The Morgan fingerprint density at radius 2 is 1.40 bits per heavy atom. The summed E-state index contributed by atoms with van der Waals surface area (Å²) in [5.41, 5.74) is 1.48. The van der Waals surface area contributed by atoms with Gasteiger partial charge in [-0.05, 0) is 60.0 Å². The first-order chi connectivity index (χ1) is 25.8. The molecule has 2 heterocycles. The summed E-state index contributed by atoms with van der Waals surface area (Å²) in [4.78, 5) is 30.6. The summed E-state index contributed by atoms with van der Waals surface area (Å²) < 4.78 is 37.0. The molecule has 4 aromatic carbocycles. The van der Waals surface area contributed by atoms with Gasteiger partial charge in [-0.1, -0.05) is 72.8 Å².